The maximum absolute atomic E-state index is 12.1. The van der Waals surface area contributed by atoms with Gasteiger partial charge in [0.05, 0.1) is 15.2 Å². The van der Waals surface area contributed by atoms with Crippen molar-refractivity contribution in [1.82, 2.24) is 10.3 Å². The Balaban J connectivity index is 1.50. The van der Waals surface area contributed by atoms with Crippen molar-refractivity contribution in [2.45, 2.75) is 38.1 Å². The van der Waals surface area contributed by atoms with Gasteiger partial charge in [0, 0.05) is 24.9 Å². The number of thiazole rings is 1. The molecule has 0 aliphatic heterocycles. The number of amides is 1. The molecule has 3 N–H and O–H groups in total. The van der Waals surface area contributed by atoms with Gasteiger partial charge in [0.1, 0.15) is 0 Å². The molecule has 1 heterocycles. The predicted octanol–water partition coefficient (Wildman–Crippen LogP) is 2.47. The van der Waals surface area contributed by atoms with E-state index in [1.54, 1.807) is 11.3 Å². The molecule has 3 rings (SSSR count). The SMILES string of the molecule is NC1CCCC(C(=O)NCCc2nc3ccccc3s2)C1. The van der Waals surface area contributed by atoms with E-state index in [1.165, 1.54) is 4.70 Å². The number of carbonyl (C=O) groups excluding carboxylic acids is 1. The minimum absolute atomic E-state index is 0.101. The first-order valence-electron chi connectivity index (χ1n) is 7.60. The van der Waals surface area contributed by atoms with Crippen LogP contribution in [0.3, 0.4) is 0 Å². The van der Waals surface area contributed by atoms with Gasteiger partial charge in [-0.05, 0) is 31.4 Å². The van der Waals surface area contributed by atoms with Crippen LogP contribution in [0.5, 0.6) is 0 Å². The zero-order valence-electron chi connectivity index (χ0n) is 12.0. The fraction of sp³-hybridized carbons (Fsp3) is 0.500. The van der Waals surface area contributed by atoms with Crippen LogP contribution in [-0.2, 0) is 11.2 Å². The predicted molar refractivity (Wildman–Crippen MR) is 86.3 cm³/mol. The number of hydrogen-bond acceptors (Lipinski definition) is 4. The van der Waals surface area contributed by atoms with E-state index in [0.717, 1.165) is 42.6 Å². The third-order valence-electron chi connectivity index (χ3n) is 4.06. The van der Waals surface area contributed by atoms with E-state index in [2.05, 4.69) is 16.4 Å². The summed E-state index contributed by atoms with van der Waals surface area (Å²) in [6.45, 7) is 0.657. The Morgan fingerprint density at radius 1 is 1.38 bits per heavy atom. The lowest BCUT2D eigenvalue weighted by Gasteiger charge is -2.25. The number of rotatable bonds is 4. The summed E-state index contributed by atoms with van der Waals surface area (Å²) in [5, 5.41) is 4.12. The number of para-hydroxylation sites is 1. The maximum Gasteiger partial charge on any atom is 0.223 e. The number of fused-ring (bicyclic) bond motifs is 1. The first-order chi connectivity index (χ1) is 10.2. The molecule has 21 heavy (non-hydrogen) atoms. The molecule has 1 fully saturated rings. The van der Waals surface area contributed by atoms with E-state index < -0.39 is 0 Å². The number of benzene rings is 1. The number of carbonyl (C=O) groups is 1. The lowest BCUT2D eigenvalue weighted by Crippen LogP contribution is -2.38. The number of nitrogens with one attached hydrogen (secondary N) is 1. The smallest absolute Gasteiger partial charge is 0.223 e. The van der Waals surface area contributed by atoms with Crippen molar-refractivity contribution in [2.24, 2.45) is 11.7 Å². The second kappa shape index (κ2) is 6.54. The van der Waals surface area contributed by atoms with Gasteiger partial charge in [0.2, 0.25) is 5.91 Å². The average molecular weight is 303 g/mol. The Morgan fingerprint density at radius 2 is 2.24 bits per heavy atom. The fourth-order valence-electron chi connectivity index (χ4n) is 2.93. The molecule has 0 bridgehead atoms. The summed E-state index contributed by atoms with van der Waals surface area (Å²) in [6.07, 6.45) is 4.71. The molecule has 1 aromatic heterocycles. The second-order valence-corrected chi connectivity index (χ2v) is 6.86. The van der Waals surface area contributed by atoms with E-state index in [-0.39, 0.29) is 17.9 Å². The summed E-state index contributed by atoms with van der Waals surface area (Å²) in [6, 6.07) is 8.33. The van der Waals surface area contributed by atoms with Crippen LogP contribution in [0.25, 0.3) is 10.2 Å². The highest BCUT2D eigenvalue weighted by Gasteiger charge is 2.24. The molecule has 0 saturated heterocycles. The van der Waals surface area contributed by atoms with Gasteiger partial charge in [-0.15, -0.1) is 11.3 Å². The summed E-state index contributed by atoms with van der Waals surface area (Å²) in [5.41, 5.74) is 6.98. The molecule has 1 saturated carbocycles. The highest BCUT2D eigenvalue weighted by Crippen LogP contribution is 2.23. The van der Waals surface area contributed by atoms with Crippen LogP contribution in [0.4, 0.5) is 0 Å². The summed E-state index contributed by atoms with van der Waals surface area (Å²) in [4.78, 5) is 16.7. The molecule has 112 valence electrons. The standard InChI is InChI=1S/C16H21N3OS/c17-12-5-3-4-11(10-12)16(20)18-9-8-15-19-13-6-1-2-7-14(13)21-15/h1-2,6-7,11-12H,3-5,8-10,17H2,(H,18,20). The van der Waals surface area contributed by atoms with Crippen molar-refractivity contribution in [2.75, 3.05) is 6.54 Å². The second-order valence-electron chi connectivity index (χ2n) is 5.74. The van der Waals surface area contributed by atoms with E-state index in [4.69, 9.17) is 5.73 Å². The number of hydrogen-bond donors (Lipinski definition) is 2. The van der Waals surface area contributed by atoms with Gasteiger partial charge in [0.15, 0.2) is 0 Å². The molecular formula is C16H21N3OS. The van der Waals surface area contributed by atoms with Crippen molar-refractivity contribution in [3.8, 4) is 0 Å². The first kappa shape index (κ1) is 14.5. The third kappa shape index (κ3) is 3.60. The minimum Gasteiger partial charge on any atom is -0.355 e. The number of aromatic nitrogens is 1. The highest BCUT2D eigenvalue weighted by molar-refractivity contribution is 7.18. The Bertz CT molecular complexity index is 592. The van der Waals surface area contributed by atoms with Gasteiger partial charge in [-0.3, -0.25) is 4.79 Å². The zero-order chi connectivity index (χ0) is 14.7. The molecule has 1 aromatic carbocycles. The molecule has 2 aromatic rings. The average Bonchev–Trinajstić information content (AvgIpc) is 2.89. The Kier molecular flexibility index (Phi) is 4.51. The van der Waals surface area contributed by atoms with E-state index >= 15 is 0 Å². The summed E-state index contributed by atoms with van der Waals surface area (Å²) in [5.74, 6) is 0.260. The lowest BCUT2D eigenvalue weighted by molar-refractivity contribution is -0.126. The summed E-state index contributed by atoms with van der Waals surface area (Å²) >= 11 is 1.70. The molecule has 1 amide bonds. The van der Waals surface area contributed by atoms with Crippen LogP contribution in [0.2, 0.25) is 0 Å². The zero-order valence-corrected chi connectivity index (χ0v) is 12.9. The van der Waals surface area contributed by atoms with Crippen LogP contribution in [-0.4, -0.2) is 23.5 Å². The van der Waals surface area contributed by atoms with Crippen LogP contribution in [0, 0.1) is 5.92 Å². The molecule has 0 spiro atoms. The van der Waals surface area contributed by atoms with Crippen LogP contribution in [0.1, 0.15) is 30.7 Å². The van der Waals surface area contributed by atoms with Crippen LogP contribution < -0.4 is 11.1 Å². The maximum atomic E-state index is 12.1. The van der Waals surface area contributed by atoms with Crippen molar-refractivity contribution in [3.05, 3.63) is 29.3 Å². The molecule has 4 nitrogen and oxygen atoms in total. The van der Waals surface area contributed by atoms with E-state index in [1.807, 2.05) is 18.2 Å². The summed E-state index contributed by atoms with van der Waals surface area (Å²) < 4.78 is 1.21. The van der Waals surface area contributed by atoms with Crippen molar-refractivity contribution < 1.29 is 4.79 Å². The quantitative estimate of drug-likeness (QED) is 0.911. The first-order valence-corrected chi connectivity index (χ1v) is 8.42. The lowest BCUT2D eigenvalue weighted by atomic mass is 9.85. The van der Waals surface area contributed by atoms with Crippen molar-refractivity contribution in [3.63, 3.8) is 0 Å². The van der Waals surface area contributed by atoms with Crippen molar-refractivity contribution >= 4 is 27.5 Å². The molecule has 1 aliphatic rings. The summed E-state index contributed by atoms with van der Waals surface area (Å²) in [7, 11) is 0. The van der Waals surface area contributed by atoms with E-state index in [0.29, 0.717) is 6.54 Å². The third-order valence-corrected chi connectivity index (χ3v) is 5.16. The van der Waals surface area contributed by atoms with Gasteiger partial charge in [-0.2, -0.15) is 0 Å². The molecule has 2 unspecified atom stereocenters. The van der Waals surface area contributed by atoms with Gasteiger partial charge in [0.25, 0.3) is 0 Å². The largest absolute Gasteiger partial charge is 0.355 e. The molecule has 0 radical (unpaired) electrons. The number of nitrogens with zero attached hydrogens (tertiary/aromatic N) is 1. The molecule has 5 heteroatoms. The van der Waals surface area contributed by atoms with Gasteiger partial charge in [-0.25, -0.2) is 4.98 Å². The normalized spacial score (nSPS) is 22.3. The highest BCUT2D eigenvalue weighted by atomic mass is 32.1. The number of nitrogens with two attached hydrogens (primary N) is 1. The van der Waals surface area contributed by atoms with Crippen LogP contribution in [0.15, 0.2) is 24.3 Å². The van der Waals surface area contributed by atoms with Gasteiger partial charge < -0.3 is 11.1 Å². The minimum atomic E-state index is 0.101. The monoisotopic (exact) mass is 303 g/mol. The van der Waals surface area contributed by atoms with Crippen molar-refractivity contribution in [1.29, 1.82) is 0 Å². The Labute approximate surface area is 128 Å². The van der Waals surface area contributed by atoms with Gasteiger partial charge in [-0.1, -0.05) is 18.6 Å². The molecular weight excluding hydrogens is 282 g/mol. The fourth-order valence-corrected chi connectivity index (χ4v) is 3.90. The molecule has 2 atom stereocenters. The molecule has 1 aliphatic carbocycles. The van der Waals surface area contributed by atoms with Crippen LogP contribution >= 0.6 is 11.3 Å². The Morgan fingerprint density at radius 3 is 3.05 bits per heavy atom. The van der Waals surface area contributed by atoms with Gasteiger partial charge >= 0.3 is 0 Å². The topological polar surface area (TPSA) is 68.0 Å². The Hall–Kier alpha value is -1.46. The van der Waals surface area contributed by atoms with E-state index in [9.17, 15) is 4.79 Å².